The molecule has 1 aromatic rings. The highest BCUT2D eigenvalue weighted by atomic mass is 19.4. The third-order valence-electron chi connectivity index (χ3n) is 3.22. The molecule has 0 aromatic heterocycles. The zero-order chi connectivity index (χ0) is 14.8. The second-order valence-electron chi connectivity index (χ2n) is 4.64. The number of carbonyl (C=O) groups excluding carboxylic acids is 1. The lowest BCUT2D eigenvalue weighted by atomic mass is 10.1. The van der Waals surface area contributed by atoms with Crippen molar-refractivity contribution in [2.45, 2.75) is 18.8 Å². The number of alkyl halides is 3. The number of amides is 1. The minimum absolute atomic E-state index is 0.0645. The van der Waals surface area contributed by atoms with Gasteiger partial charge in [-0.1, -0.05) is 6.07 Å². The number of carbonyl (C=O) groups is 1. The van der Waals surface area contributed by atoms with Crippen molar-refractivity contribution in [3.63, 3.8) is 0 Å². The summed E-state index contributed by atoms with van der Waals surface area (Å²) >= 11 is 0. The minimum Gasteiger partial charge on any atom is -0.406 e. The number of nitrogens with one attached hydrogen (secondary N) is 1. The van der Waals surface area contributed by atoms with Gasteiger partial charge in [-0.3, -0.25) is 4.79 Å². The van der Waals surface area contributed by atoms with Crippen LogP contribution in [0.3, 0.4) is 0 Å². The Morgan fingerprint density at radius 3 is 2.80 bits per heavy atom. The second-order valence-corrected chi connectivity index (χ2v) is 4.64. The first-order chi connectivity index (χ1) is 9.37. The van der Waals surface area contributed by atoms with E-state index in [1.165, 1.54) is 18.2 Å². The first kappa shape index (κ1) is 14.6. The highest BCUT2D eigenvalue weighted by Gasteiger charge is 2.31. The number of halogens is 3. The van der Waals surface area contributed by atoms with E-state index in [0.29, 0.717) is 6.54 Å². The Morgan fingerprint density at radius 1 is 1.45 bits per heavy atom. The summed E-state index contributed by atoms with van der Waals surface area (Å²) in [7, 11) is 1.65. The Bertz CT molecular complexity index is 485. The summed E-state index contributed by atoms with van der Waals surface area (Å²) in [5.74, 6) is -0.701. The molecule has 1 aliphatic heterocycles. The molecule has 1 saturated heterocycles. The largest absolute Gasteiger partial charge is 0.573 e. The number of benzene rings is 1. The lowest BCUT2D eigenvalue weighted by molar-refractivity contribution is -0.274. The number of hydrogen-bond donors (Lipinski definition) is 1. The summed E-state index contributed by atoms with van der Waals surface area (Å²) in [6.07, 6.45) is -3.93. The van der Waals surface area contributed by atoms with E-state index in [2.05, 4.69) is 10.1 Å². The Kier molecular flexibility index (Phi) is 4.17. The number of rotatable bonds is 3. The molecule has 110 valence electrons. The van der Waals surface area contributed by atoms with Crippen molar-refractivity contribution in [3.8, 4) is 5.75 Å². The van der Waals surface area contributed by atoms with E-state index in [4.69, 9.17) is 0 Å². The van der Waals surface area contributed by atoms with Gasteiger partial charge < -0.3 is 15.0 Å². The molecule has 0 aliphatic carbocycles. The molecule has 0 unspecified atom stereocenters. The van der Waals surface area contributed by atoms with Crippen LogP contribution in [0.1, 0.15) is 16.8 Å². The fourth-order valence-electron chi connectivity index (χ4n) is 2.17. The van der Waals surface area contributed by atoms with Gasteiger partial charge in [-0.25, -0.2) is 0 Å². The van der Waals surface area contributed by atoms with Crippen LogP contribution in [-0.4, -0.2) is 43.3 Å². The van der Waals surface area contributed by atoms with Crippen LogP contribution in [0.25, 0.3) is 0 Å². The van der Waals surface area contributed by atoms with E-state index in [1.54, 1.807) is 11.9 Å². The first-order valence-electron chi connectivity index (χ1n) is 6.20. The standard InChI is InChI=1S/C13H15F3N2O2/c1-18(10-5-6-17-8-10)12(19)9-3-2-4-11(7-9)20-13(14,15)16/h2-4,7,10,17H,5-6,8H2,1H3/t10-/m0/s1. The lowest BCUT2D eigenvalue weighted by Crippen LogP contribution is -2.38. The zero-order valence-corrected chi connectivity index (χ0v) is 10.9. The normalized spacial score (nSPS) is 18.9. The molecule has 4 nitrogen and oxygen atoms in total. The van der Waals surface area contributed by atoms with Crippen molar-refractivity contribution in [2.24, 2.45) is 0 Å². The predicted octanol–water partition coefficient (Wildman–Crippen LogP) is 2.02. The maximum atomic E-state index is 12.2. The van der Waals surface area contributed by atoms with E-state index in [0.717, 1.165) is 19.0 Å². The molecule has 1 aliphatic rings. The van der Waals surface area contributed by atoms with Gasteiger partial charge in [0.05, 0.1) is 0 Å². The third-order valence-corrected chi connectivity index (χ3v) is 3.22. The molecule has 0 spiro atoms. The Labute approximate surface area is 114 Å². The highest BCUT2D eigenvalue weighted by molar-refractivity contribution is 5.94. The van der Waals surface area contributed by atoms with Crippen LogP contribution in [0.4, 0.5) is 13.2 Å². The van der Waals surface area contributed by atoms with E-state index >= 15 is 0 Å². The van der Waals surface area contributed by atoms with Gasteiger partial charge in [0.2, 0.25) is 0 Å². The molecule has 1 N–H and O–H groups in total. The van der Waals surface area contributed by atoms with Crippen LogP contribution < -0.4 is 10.1 Å². The van der Waals surface area contributed by atoms with Crippen LogP contribution in [0.15, 0.2) is 24.3 Å². The van der Waals surface area contributed by atoms with Gasteiger partial charge >= 0.3 is 6.36 Å². The van der Waals surface area contributed by atoms with E-state index in [1.807, 2.05) is 0 Å². The zero-order valence-electron chi connectivity index (χ0n) is 10.9. The van der Waals surface area contributed by atoms with Gasteiger partial charge in [-0.2, -0.15) is 0 Å². The summed E-state index contributed by atoms with van der Waals surface area (Å²) in [5, 5.41) is 3.13. The summed E-state index contributed by atoms with van der Waals surface area (Å²) in [5.41, 5.74) is 0.182. The molecule has 20 heavy (non-hydrogen) atoms. The van der Waals surface area contributed by atoms with Crippen LogP contribution in [0.5, 0.6) is 5.75 Å². The number of ether oxygens (including phenoxy) is 1. The quantitative estimate of drug-likeness (QED) is 0.925. The second kappa shape index (κ2) is 5.70. The van der Waals surface area contributed by atoms with Crippen molar-refractivity contribution in [1.82, 2.24) is 10.2 Å². The third kappa shape index (κ3) is 3.63. The van der Waals surface area contributed by atoms with Gasteiger partial charge in [-0.05, 0) is 31.2 Å². The molecule has 1 fully saturated rings. The molecule has 1 atom stereocenters. The number of hydrogen-bond acceptors (Lipinski definition) is 3. The maximum Gasteiger partial charge on any atom is 0.573 e. The van der Waals surface area contributed by atoms with Gasteiger partial charge in [-0.15, -0.1) is 13.2 Å². The van der Waals surface area contributed by atoms with Gasteiger partial charge in [0.1, 0.15) is 5.75 Å². The lowest BCUT2D eigenvalue weighted by Gasteiger charge is -2.24. The Balaban J connectivity index is 2.11. The maximum absolute atomic E-state index is 12.2. The topological polar surface area (TPSA) is 41.6 Å². The average molecular weight is 288 g/mol. The van der Waals surface area contributed by atoms with Crippen molar-refractivity contribution < 1.29 is 22.7 Å². The summed E-state index contributed by atoms with van der Waals surface area (Å²) in [4.78, 5) is 13.8. The summed E-state index contributed by atoms with van der Waals surface area (Å²) in [6, 6.07) is 5.19. The molecule has 0 radical (unpaired) electrons. The molecular formula is C13H15F3N2O2. The monoisotopic (exact) mass is 288 g/mol. The predicted molar refractivity (Wildman–Crippen MR) is 66.5 cm³/mol. The molecule has 7 heteroatoms. The highest BCUT2D eigenvalue weighted by Crippen LogP contribution is 2.24. The van der Waals surface area contributed by atoms with Crippen molar-refractivity contribution in [1.29, 1.82) is 0 Å². The van der Waals surface area contributed by atoms with E-state index in [-0.39, 0.29) is 23.3 Å². The van der Waals surface area contributed by atoms with E-state index < -0.39 is 6.36 Å². The Hall–Kier alpha value is -1.76. The SMILES string of the molecule is CN(C(=O)c1cccc(OC(F)(F)F)c1)[C@H]1CCNC1. The minimum atomic E-state index is -4.76. The molecule has 1 aromatic carbocycles. The van der Waals surface area contributed by atoms with Gasteiger partial charge in [0, 0.05) is 25.2 Å². The van der Waals surface area contributed by atoms with Gasteiger partial charge in [0.25, 0.3) is 5.91 Å². The molecule has 1 heterocycles. The van der Waals surface area contributed by atoms with Crippen LogP contribution in [0, 0.1) is 0 Å². The van der Waals surface area contributed by atoms with Crippen molar-refractivity contribution >= 4 is 5.91 Å². The molecule has 0 bridgehead atoms. The molecule has 1 amide bonds. The fraction of sp³-hybridized carbons (Fsp3) is 0.462. The van der Waals surface area contributed by atoms with Crippen LogP contribution in [0.2, 0.25) is 0 Å². The molecular weight excluding hydrogens is 273 g/mol. The van der Waals surface area contributed by atoms with E-state index in [9.17, 15) is 18.0 Å². The van der Waals surface area contributed by atoms with Crippen molar-refractivity contribution in [2.75, 3.05) is 20.1 Å². The number of likely N-dealkylation sites (N-methyl/N-ethyl adjacent to an activating group) is 1. The van der Waals surface area contributed by atoms with Gasteiger partial charge in [0.15, 0.2) is 0 Å². The molecule has 2 rings (SSSR count). The fourth-order valence-corrected chi connectivity index (χ4v) is 2.17. The van der Waals surface area contributed by atoms with Crippen LogP contribution in [-0.2, 0) is 0 Å². The summed E-state index contributed by atoms with van der Waals surface area (Å²) in [6.45, 7) is 1.53. The summed E-state index contributed by atoms with van der Waals surface area (Å²) < 4.78 is 40.3. The average Bonchev–Trinajstić information content (AvgIpc) is 2.89. The smallest absolute Gasteiger partial charge is 0.406 e. The first-order valence-corrected chi connectivity index (χ1v) is 6.20. The Morgan fingerprint density at radius 2 is 2.20 bits per heavy atom. The molecule has 0 saturated carbocycles. The van der Waals surface area contributed by atoms with Crippen LogP contribution >= 0.6 is 0 Å². The number of nitrogens with zero attached hydrogens (tertiary/aromatic N) is 1. The van der Waals surface area contributed by atoms with Crippen molar-refractivity contribution in [3.05, 3.63) is 29.8 Å².